The smallest absolute Gasteiger partial charge is 0.332 e. The summed E-state index contributed by atoms with van der Waals surface area (Å²) in [6, 6.07) is 7.34. The number of nitro groups is 1. The molecule has 0 aliphatic rings. The number of ether oxygens (including phenoxy) is 1. The summed E-state index contributed by atoms with van der Waals surface area (Å²) in [7, 11) is -9.15. The third kappa shape index (κ3) is 5.60. The molecule has 0 saturated heterocycles. The Kier molecular flexibility index (Phi) is 6.36. The van der Waals surface area contributed by atoms with E-state index in [1.807, 2.05) is 0 Å². The standard InChI is InChI=1S/C14H12ClFN2O7S2/c15-13-8-10(18(19)20)4-5-14(13)25-7-6-17-27(23,24)12-3-1-2-11(9-12)26(16,21)22/h1-5,8-9,17H,6-7H2. The van der Waals surface area contributed by atoms with Gasteiger partial charge in [-0.05, 0) is 24.3 Å². The Hall–Kier alpha value is -2.28. The number of rotatable bonds is 8. The minimum Gasteiger partial charge on any atom is -0.491 e. The maximum absolute atomic E-state index is 13.0. The molecule has 9 nitrogen and oxygen atoms in total. The quantitative estimate of drug-likeness (QED) is 0.289. The van der Waals surface area contributed by atoms with Gasteiger partial charge in [-0.3, -0.25) is 10.1 Å². The molecule has 2 rings (SSSR count). The Bertz CT molecular complexity index is 1070. The summed E-state index contributed by atoms with van der Waals surface area (Å²) in [5.41, 5.74) is -0.226. The molecule has 0 aliphatic carbocycles. The van der Waals surface area contributed by atoms with Gasteiger partial charge in [0.25, 0.3) is 5.69 Å². The number of sulfonamides is 1. The van der Waals surface area contributed by atoms with E-state index in [4.69, 9.17) is 16.3 Å². The highest BCUT2D eigenvalue weighted by atomic mass is 35.5. The molecule has 146 valence electrons. The minimum atomic E-state index is -5.04. The second-order valence-corrected chi connectivity index (χ2v) is 8.55. The van der Waals surface area contributed by atoms with Gasteiger partial charge in [-0.2, -0.15) is 8.42 Å². The highest BCUT2D eigenvalue weighted by Gasteiger charge is 2.19. The molecule has 0 amide bonds. The van der Waals surface area contributed by atoms with E-state index in [2.05, 4.69) is 4.72 Å². The van der Waals surface area contributed by atoms with Crippen LogP contribution < -0.4 is 9.46 Å². The molecule has 0 spiro atoms. The van der Waals surface area contributed by atoms with E-state index >= 15 is 0 Å². The van der Waals surface area contributed by atoms with Gasteiger partial charge in [-0.1, -0.05) is 17.7 Å². The monoisotopic (exact) mass is 438 g/mol. The fraction of sp³-hybridized carbons (Fsp3) is 0.143. The van der Waals surface area contributed by atoms with E-state index in [1.54, 1.807) is 0 Å². The van der Waals surface area contributed by atoms with Crippen molar-refractivity contribution in [3.05, 3.63) is 57.6 Å². The second-order valence-electron chi connectivity index (χ2n) is 5.03. The van der Waals surface area contributed by atoms with E-state index in [0.29, 0.717) is 6.07 Å². The number of nitrogens with one attached hydrogen (secondary N) is 1. The largest absolute Gasteiger partial charge is 0.491 e. The van der Waals surface area contributed by atoms with Crippen LogP contribution in [0, 0.1) is 10.1 Å². The lowest BCUT2D eigenvalue weighted by Crippen LogP contribution is -2.28. The van der Waals surface area contributed by atoms with Crippen LogP contribution in [0.15, 0.2) is 52.3 Å². The average Bonchev–Trinajstić information content (AvgIpc) is 2.59. The van der Waals surface area contributed by atoms with Crippen molar-refractivity contribution in [1.29, 1.82) is 0 Å². The second kappa shape index (κ2) is 8.17. The Labute approximate surface area is 159 Å². The predicted molar refractivity (Wildman–Crippen MR) is 93.5 cm³/mol. The Morgan fingerprint density at radius 1 is 1.11 bits per heavy atom. The van der Waals surface area contributed by atoms with E-state index in [1.165, 1.54) is 12.1 Å². The van der Waals surface area contributed by atoms with Crippen molar-refractivity contribution in [2.24, 2.45) is 0 Å². The van der Waals surface area contributed by atoms with E-state index in [0.717, 1.165) is 24.3 Å². The van der Waals surface area contributed by atoms with Gasteiger partial charge >= 0.3 is 10.2 Å². The first-order valence-corrected chi connectivity index (χ1v) is 10.4. The van der Waals surface area contributed by atoms with Crippen LogP contribution in [0.2, 0.25) is 5.02 Å². The van der Waals surface area contributed by atoms with Crippen LogP contribution in [-0.2, 0) is 20.2 Å². The zero-order chi connectivity index (χ0) is 20.2. The summed E-state index contributed by atoms with van der Waals surface area (Å²) in [5.74, 6) is 0.118. The molecule has 1 N–H and O–H groups in total. The summed E-state index contributed by atoms with van der Waals surface area (Å²) in [4.78, 5) is 8.78. The summed E-state index contributed by atoms with van der Waals surface area (Å²) in [5, 5.41) is 10.6. The van der Waals surface area contributed by atoms with Crippen molar-refractivity contribution in [3.8, 4) is 5.75 Å². The lowest BCUT2D eigenvalue weighted by atomic mass is 10.3. The van der Waals surface area contributed by atoms with Crippen molar-refractivity contribution >= 4 is 37.5 Å². The van der Waals surface area contributed by atoms with E-state index in [9.17, 15) is 30.8 Å². The minimum absolute atomic E-state index is 0.0205. The zero-order valence-corrected chi connectivity index (χ0v) is 15.7. The van der Waals surface area contributed by atoms with Crippen molar-refractivity contribution in [1.82, 2.24) is 4.72 Å². The fourth-order valence-corrected chi connectivity index (χ4v) is 3.81. The normalized spacial score (nSPS) is 11.9. The molecule has 0 unspecified atom stereocenters. The first kappa shape index (κ1) is 21.0. The van der Waals surface area contributed by atoms with E-state index < -0.39 is 35.0 Å². The van der Waals surface area contributed by atoms with Gasteiger partial charge < -0.3 is 4.74 Å². The molecule has 0 saturated carbocycles. The van der Waals surface area contributed by atoms with Crippen molar-refractivity contribution in [2.75, 3.05) is 13.2 Å². The fourth-order valence-electron chi connectivity index (χ4n) is 1.93. The Morgan fingerprint density at radius 3 is 2.37 bits per heavy atom. The summed E-state index contributed by atoms with van der Waals surface area (Å²) >= 11 is 5.84. The predicted octanol–water partition coefficient (Wildman–Crippen LogP) is 2.26. The van der Waals surface area contributed by atoms with Gasteiger partial charge in [0.2, 0.25) is 10.0 Å². The molecular weight excluding hydrogens is 427 g/mol. The number of halogens is 2. The molecule has 27 heavy (non-hydrogen) atoms. The number of nitro benzene ring substituents is 1. The third-order valence-electron chi connectivity index (χ3n) is 3.18. The molecule has 0 atom stereocenters. The first-order chi connectivity index (χ1) is 12.5. The number of hydrogen-bond donors (Lipinski definition) is 1. The first-order valence-electron chi connectivity index (χ1n) is 7.12. The van der Waals surface area contributed by atoms with Crippen LogP contribution in [0.25, 0.3) is 0 Å². The maximum Gasteiger partial charge on any atom is 0.332 e. The third-order valence-corrected chi connectivity index (χ3v) is 5.75. The Balaban J connectivity index is 2.00. The summed E-state index contributed by atoms with van der Waals surface area (Å²) < 4.78 is 66.4. The van der Waals surface area contributed by atoms with Crippen LogP contribution in [0.5, 0.6) is 5.75 Å². The molecule has 0 aliphatic heterocycles. The van der Waals surface area contributed by atoms with Gasteiger partial charge in [0.1, 0.15) is 12.4 Å². The van der Waals surface area contributed by atoms with Crippen molar-refractivity contribution < 1.29 is 30.4 Å². The molecule has 0 heterocycles. The van der Waals surface area contributed by atoms with Crippen LogP contribution in [0.4, 0.5) is 9.57 Å². The molecular formula is C14H12ClFN2O7S2. The molecule has 13 heteroatoms. The van der Waals surface area contributed by atoms with Gasteiger partial charge in [-0.15, -0.1) is 3.89 Å². The maximum atomic E-state index is 13.0. The molecule has 0 fully saturated rings. The van der Waals surface area contributed by atoms with Gasteiger partial charge in [0.15, 0.2) is 0 Å². The molecule has 2 aromatic carbocycles. The summed E-state index contributed by atoms with van der Waals surface area (Å²) in [6.07, 6.45) is 0. The van der Waals surface area contributed by atoms with Crippen molar-refractivity contribution in [2.45, 2.75) is 9.79 Å². The number of nitrogens with zero attached hydrogens (tertiary/aromatic N) is 1. The van der Waals surface area contributed by atoms with E-state index in [-0.39, 0.29) is 29.6 Å². The highest BCUT2D eigenvalue weighted by Crippen LogP contribution is 2.28. The topological polar surface area (TPSA) is 133 Å². The SMILES string of the molecule is O=[N+]([O-])c1ccc(OCCNS(=O)(=O)c2cccc(S(=O)(=O)F)c2)c(Cl)c1. The van der Waals surface area contributed by atoms with Gasteiger partial charge in [0.05, 0.1) is 19.7 Å². The zero-order valence-electron chi connectivity index (χ0n) is 13.3. The average molecular weight is 439 g/mol. The van der Waals surface area contributed by atoms with Gasteiger partial charge in [-0.25, -0.2) is 13.1 Å². The number of hydrogen-bond acceptors (Lipinski definition) is 7. The van der Waals surface area contributed by atoms with Crippen molar-refractivity contribution in [3.63, 3.8) is 0 Å². The van der Waals surface area contributed by atoms with Crippen LogP contribution in [0.1, 0.15) is 0 Å². The lowest BCUT2D eigenvalue weighted by Gasteiger charge is -2.10. The summed E-state index contributed by atoms with van der Waals surface area (Å²) in [6.45, 7) is -0.389. The molecule has 0 aromatic heterocycles. The molecule has 0 radical (unpaired) electrons. The van der Waals surface area contributed by atoms with Crippen LogP contribution >= 0.6 is 11.6 Å². The number of benzene rings is 2. The van der Waals surface area contributed by atoms with Crippen LogP contribution in [-0.4, -0.2) is 34.9 Å². The molecule has 0 bridgehead atoms. The highest BCUT2D eigenvalue weighted by molar-refractivity contribution is 7.89. The number of non-ortho nitro benzene ring substituents is 1. The Morgan fingerprint density at radius 2 is 1.78 bits per heavy atom. The van der Waals surface area contributed by atoms with Gasteiger partial charge in [0, 0.05) is 18.7 Å². The molecule has 2 aromatic rings. The van der Waals surface area contributed by atoms with Crippen LogP contribution in [0.3, 0.4) is 0 Å². The lowest BCUT2D eigenvalue weighted by molar-refractivity contribution is -0.384.